The van der Waals surface area contributed by atoms with Crippen molar-refractivity contribution in [1.82, 2.24) is 10.3 Å². The minimum atomic E-state index is -0.305. The van der Waals surface area contributed by atoms with E-state index < -0.39 is 0 Å². The van der Waals surface area contributed by atoms with Crippen molar-refractivity contribution in [1.29, 1.82) is 0 Å². The van der Waals surface area contributed by atoms with Gasteiger partial charge in [-0.25, -0.2) is 4.98 Å². The highest BCUT2D eigenvalue weighted by Crippen LogP contribution is 2.22. The molecule has 0 atom stereocenters. The number of pyridine rings is 1. The Morgan fingerprint density at radius 3 is 2.42 bits per heavy atom. The summed E-state index contributed by atoms with van der Waals surface area (Å²) >= 11 is 0. The van der Waals surface area contributed by atoms with Crippen molar-refractivity contribution in [3.8, 4) is 0 Å². The SMILES string of the molecule is CCc1cccc(C)c1NC(=O)c1cccc(C(=O)NC2CC2)n1. The molecule has 5 nitrogen and oxygen atoms in total. The van der Waals surface area contributed by atoms with Gasteiger partial charge in [-0.1, -0.05) is 31.2 Å². The van der Waals surface area contributed by atoms with Crippen molar-refractivity contribution in [2.45, 2.75) is 39.2 Å². The van der Waals surface area contributed by atoms with E-state index in [0.29, 0.717) is 0 Å². The Balaban J connectivity index is 1.79. The molecule has 1 aromatic carbocycles. The second-order valence-electron chi connectivity index (χ2n) is 6.07. The van der Waals surface area contributed by atoms with Crippen LogP contribution in [-0.4, -0.2) is 22.8 Å². The van der Waals surface area contributed by atoms with Crippen LogP contribution in [0.2, 0.25) is 0 Å². The first-order chi connectivity index (χ1) is 11.6. The molecule has 24 heavy (non-hydrogen) atoms. The van der Waals surface area contributed by atoms with Crippen molar-refractivity contribution in [2.24, 2.45) is 0 Å². The Hall–Kier alpha value is -2.69. The summed E-state index contributed by atoms with van der Waals surface area (Å²) in [5, 5.41) is 5.81. The van der Waals surface area contributed by atoms with E-state index in [1.54, 1.807) is 18.2 Å². The molecule has 1 saturated carbocycles. The molecule has 1 aliphatic rings. The van der Waals surface area contributed by atoms with Crippen LogP contribution in [0.4, 0.5) is 5.69 Å². The van der Waals surface area contributed by atoms with E-state index in [4.69, 9.17) is 0 Å². The molecule has 1 fully saturated rings. The number of anilines is 1. The zero-order chi connectivity index (χ0) is 17.1. The van der Waals surface area contributed by atoms with E-state index in [9.17, 15) is 9.59 Å². The average Bonchev–Trinajstić information content (AvgIpc) is 3.40. The number of aryl methyl sites for hydroxylation is 2. The minimum Gasteiger partial charge on any atom is -0.348 e. The van der Waals surface area contributed by atoms with E-state index in [2.05, 4.69) is 15.6 Å². The highest BCUT2D eigenvalue weighted by Gasteiger charge is 2.24. The molecule has 1 heterocycles. The molecule has 1 aromatic heterocycles. The second kappa shape index (κ2) is 6.83. The summed E-state index contributed by atoms with van der Waals surface area (Å²) in [4.78, 5) is 28.8. The summed E-state index contributed by atoms with van der Waals surface area (Å²) in [7, 11) is 0. The number of benzene rings is 1. The summed E-state index contributed by atoms with van der Waals surface area (Å²) in [6.07, 6.45) is 2.85. The number of para-hydroxylation sites is 1. The third kappa shape index (κ3) is 3.62. The summed E-state index contributed by atoms with van der Waals surface area (Å²) in [6.45, 7) is 4.01. The fraction of sp³-hybridized carbons (Fsp3) is 0.316. The third-order valence-electron chi connectivity index (χ3n) is 4.11. The Kier molecular flexibility index (Phi) is 4.60. The van der Waals surface area contributed by atoms with Gasteiger partial charge in [-0.2, -0.15) is 0 Å². The van der Waals surface area contributed by atoms with Gasteiger partial charge >= 0.3 is 0 Å². The van der Waals surface area contributed by atoms with Gasteiger partial charge in [-0.15, -0.1) is 0 Å². The highest BCUT2D eigenvalue weighted by molar-refractivity contribution is 6.04. The van der Waals surface area contributed by atoms with Crippen molar-refractivity contribution in [2.75, 3.05) is 5.32 Å². The van der Waals surface area contributed by atoms with Crippen LogP contribution in [0.15, 0.2) is 36.4 Å². The lowest BCUT2D eigenvalue weighted by Crippen LogP contribution is -2.27. The minimum absolute atomic E-state index is 0.225. The van der Waals surface area contributed by atoms with Gasteiger partial charge < -0.3 is 10.6 Å². The van der Waals surface area contributed by atoms with Crippen LogP contribution < -0.4 is 10.6 Å². The van der Waals surface area contributed by atoms with Crippen LogP contribution in [0.1, 0.15) is 51.9 Å². The predicted molar refractivity (Wildman–Crippen MR) is 93.2 cm³/mol. The molecule has 124 valence electrons. The van der Waals surface area contributed by atoms with Crippen LogP contribution in [0.3, 0.4) is 0 Å². The maximum atomic E-state index is 12.5. The fourth-order valence-electron chi connectivity index (χ4n) is 2.55. The molecule has 0 saturated heterocycles. The third-order valence-corrected chi connectivity index (χ3v) is 4.11. The predicted octanol–water partition coefficient (Wildman–Crippen LogP) is 3.10. The van der Waals surface area contributed by atoms with E-state index in [1.165, 1.54) is 0 Å². The zero-order valence-electron chi connectivity index (χ0n) is 13.9. The number of amides is 2. The quantitative estimate of drug-likeness (QED) is 0.888. The van der Waals surface area contributed by atoms with Crippen LogP contribution in [0, 0.1) is 6.92 Å². The Labute approximate surface area is 141 Å². The maximum absolute atomic E-state index is 12.5. The molecule has 0 spiro atoms. The smallest absolute Gasteiger partial charge is 0.274 e. The summed E-state index contributed by atoms with van der Waals surface area (Å²) in [5.74, 6) is -0.530. The number of hydrogen-bond acceptors (Lipinski definition) is 3. The van der Waals surface area contributed by atoms with Gasteiger partial charge in [-0.3, -0.25) is 9.59 Å². The number of nitrogens with zero attached hydrogens (tertiary/aromatic N) is 1. The monoisotopic (exact) mass is 323 g/mol. The largest absolute Gasteiger partial charge is 0.348 e. The van der Waals surface area contributed by atoms with E-state index in [-0.39, 0.29) is 29.2 Å². The topological polar surface area (TPSA) is 71.1 Å². The maximum Gasteiger partial charge on any atom is 0.274 e. The lowest BCUT2D eigenvalue weighted by Gasteiger charge is -2.13. The van der Waals surface area contributed by atoms with Gasteiger partial charge in [0.15, 0.2) is 0 Å². The molecular formula is C19H21N3O2. The molecule has 0 bridgehead atoms. The second-order valence-corrected chi connectivity index (χ2v) is 6.07. The number of hydrogen-bond donors (Lipinski definition) is 2. The van der Waals surface area contributed by atoms with Gasteiger partial charge in [0.1, 0.15) is 11.4 Å². The standard InChI is InChI=1S/C19H21N3O2/c1-3-13-7-4-6-12(2)17(13)22-19(24)16-9-5-8-15(21-16)18(23)20-14-10-11-14/h4-9,14H,3,10-11H2,1-2H3,(H,20,23)(H,22,24). The number of rotatable bonds is 5. The fourth-order valence-corrected chi connectivity index (χ4v) is 2.55. The van der Waals surface area contributed by atoms with Gasteiger partial charge in [0.2, 0.25) is 0 Å². The van der Waals surface area contributed by atoms with Crippen LogP contribution in [0.25, 0.3) is 0 Å². The number of nitrogens with one attached hydrogen (secondary N) is 2. The Bertz CT molecular complexity index is 782. The molecular weight excluding hydrogens is 302 g/mol. The first-order valence-corrected chi connectivity index (χ1v) is 8.26. The first-order valence-electron chi connectivity index (χ1n) is 8.26. The summed E-state index contributed by atoms with van der Waals surface area (Å²) < 4.78 is 0. The van der Waals surface area contributed by atoms with Gasteiger partial charge in [0.05, 0.1) is 0 Å². The van der Waals surface area contributed by atoms with E-state index in [0.717, 1.165) is 36.1 Å². The highest BCUT2D eigenvalue weighted by atomic mass is 16.2. The van der Waals surface area contributed by atoms with Gasteiger partial charge in [0.25, 0.3) is 11.8 Å². The Morgan fingerprint density at radius 1 is 1.08 bits per heavy atom. The first kappa shape index (κ1) is 16.2. The van der Waals surface area contributed by atoms with Gasteiger partial charge in [0, 0.05) is 11.7 Å². The van der Waals surface area contributed by atoms with Crippen molar-refractivity contribution in [3.63, 3.8) is 0 Å². The van der Waals surface area contributed by atoms with Crippen molar-refractivity contribution >= 4 is 17.5 Å². The molecule has 1 aliphatic carbocycles. The zero-order valence-corrected chi connectivity index (χ0v) is 13.9. The molecule has 0 aliphatic heterocycles. The lowest BCUT2D eigenvalue weighted by atomic mass is 10.1. The van der Waals surface area contributed by atoms with E-state index in [1.807, 2.05) is 32.0 Å². The summed E-state index contributed by atoms with van der Waals surface area (Å²) in [6, 6.07) is 11.1. The Morgan fingerprint density at radius 2 is 1.75 bits per heavy atom. The summed E-state index contributed by atoms with van der Waals surface area (Å²) in [5.41, 5.74) is 3.41. The molecule has 5 heteroatoms. The average molecular weight is 323 g/mol. The van der Waals surface area contributed by atoms with Crippen LogP contribution >= 0.6 is 0 Å². The van der Waals surface area contributed by atoms with Crippen molar-refractivity contribution in [3.05, 3.63) is 58.9 Å². The molecule has 0 radical (unpaired) electrons. The normalized spacial score (nSPS) is 13.4. The molecule has 0 unspecified atom stereocenters. The molecule has 2 N–H and O–H groups in total. The molecule has 2 aromatic rings. The number of aromatic nitrogens is 1. The molecule has 3 rings (SSSR count). The van der Waals surface area contributed by atoms with Gasteiger partial charge in [-0.05, 0) is 49.4 Å². The van der Waals surface area contributed by atoms with Crippen LogP contribution in [0.5, 0.6) is 0 Å². The van der Waals surface area contributed by atoms with E-state index >= 15 is 0 Å². The number of carbonyl (C=O) groups excluding carboxylic acids is 2. The molecule has 2 amide bonds. The number of carbonyl (C=O) groups is 2. The van der Waals surface area contributed by atoms with Crippen LogP contribution in [-0.2, 0) is 6.42 Å². The lowest BCUT2D eigenvalue weighted by molar-refractivity contribution is 0.0946. The van der Waals surface area contributed by atoms with Crippen molar-refractivity contribution < 1.29 is 9.59 Å².